The Morgan fingerprint density at radius 2 is 1.92 bits per heavy atom. The Labute approximate surface area is 78.9 Å². The number of para-hydroxylation sites is 1. The first-order valence-electron chi connectivity index (χ1n) is 4.89. The summed E-state index contributed by atoms with van der Waals surface area (Å²) in [5, 5.41) is 0. The molecule has 1 aliphatic carbocycles. The van der Waals surface area contributed by atoms with Gasteiger partial charge in [0.1, 0.15) is 0 Å². The number of nitrogens with two attached hydrogens (primary N) is 2. The van der Waals surface area contributed by atoms with Crippen LogP contribution < -0.4 is 11.5 Å². The van der Waals surface area contributed by atoms with Gasteiger partial charge in [0.2, 0.25) is 0 Å². The van der Waals surface area contributed by atoms with Crippen molar-refractivity contribution in [2.75, 3.05) is 5.73 Å². The molecule has 0 amide bonds. The molecule has 70 valence electrons. The highest BCUT2D eigenvalue weighted by Crippen LogP contribution is 2.37. The summed E-state index contributed by atoms with van der Waals surface area (Å²) in [5.74, 6) is 0.657. The standard InChI is InChI=1S/C11H16N2/c12-10-7-2-1-6-9(10)11(13)8-4-3-5-8/h1-2,6-8,11H,3-5,12-13H2. The van der Waals surface area contributed by atoms with E-state index in [4.69, 9.17) is 11.5 Å². The van der Waals surface area contributed by atoms with Gasteiger partial charge in [0.05, 0.1) is 0 Å². The second-order valence-corrected chi connectivity index (χ2v) is 3.85. The van der Waals surface area contributed by atoms with E-state index in [1.54, 1.807) is 0 Å². The molecule has 1 aliphatic rings. The van der Waals surface area contributed by atoms with Crippen LogP contribution in [0.2, 0.25) is 0 Å². The largest absolute Gasteiger partial charge is 0.398 e. The molecule has 1 atom stereocenters. The Morgan fingerprint density at radius 3 is 2.46 bits per heavy atom. The van der Waals surface area contributed by atoms with Gasteiger partial charge < -0.3 is 11.5 Å². The molecule has 2 nitrogen and oxygen atoms in total. The fourth-order valence-corrected chi connectivity index (χ4v) is 1.87. The zero-order valence-corrected chi connectivity index (χ0v) is 7.74. The van der Waals surface area contributed by atoms with E-state index in [1.165, 1.54) is 19.3 Å². The Balaban J connectivity index is 2.18. The van der Waals surface area contributed by atoms with Crippen LogP contribution in [0.5, 0.6) is 0 Å². The summed E-state index contributed by atoms with van der Waals surface area (Å²) in [6.45, 7) is 0. The molecule has 0 saturated heterocycles. The molecule has 1 unspecified atom stereocenters. The predicted molar refractivity (Wildman–Crippen MR) is 55.1 cm³/mol. The third-order valence-corrected chi connectivity index (χ3v) is 3.01. The number of hydrogen-bond donors (Lipinski definition) is 2. The first kappa shape index (κ1) is 8.57. The summed E-state index contributed by atoms with van der Waals surface area (Å²) in [6, 6.07) is 8.07. The average molecular weight is 176 g/mol. The first-order chi connectivity index (χ1) is 6.29. The van der Waals surface area contributed by atoms with E-state index in [9.17, 15) is 0 Å². The van der Waals surface area contributed by atoms with Crippen molar-refractivity contribution < 1.29 is 0 Å². The second kappa shape index (κ2) is 3.38. The molecule has 1 aromatic carbocycles. The van der Waals surface area contributed by atoms with Crippen molar-refractivity contribution in [1.29, 1.82) is 0 Å². The van der Waals surface area contributed by atoms with Crippen molar-refractivity contribution in [2.45, 2.75) is 25.3 Å². The van der Waals surface area contributed by atoms with E-state index in [2.05, 4.69) is 0 Å². The number of rotatable bonds is 2. The first-order valence-corrected chi connectivity index (χ1v) is 4.89. The van der Waals surface area contributed by atoms with Gasteiger partial charge in [-0.05, 0) is 30.4 Å². The van der Waals surface area contributed by atoms with Crippen LogP contribution in [0, 0.1) is 5.92 Å². The van der Waals surface area contributed by atoms with Gasteiger partial charge >= 0.3 is 0 Å². The molecule has 0 aliphatic heterocycles. The SMILES string of the molecule is Nc1ccccc1C(N)C1CCC1. The van der Waals surface area contributed by atoms with E-state index < -0.39 is 0 Å². The van der Waals surface area contributed by atoms with Crippen molar-refractivity contribution in [2.24, 2.45) is 11.7 Å². The fourth-order valence-electron chi connectivity index (χ4n) is 1.87. The molecule has 4 N–H and O–H groups in total. The third kappa shape index (κ3) is 1.54. The molecule has 0 bridgehead atoms. The quantitative estimate of drug-likeness (QED) is 0.678. The van der Waals surface area contributed by atoms with Crippen LogP contribution in [0.1, 0.15) is 30.9 Å². The maximum atomic E-state index is 6.12. The van der Waals surface area contributed by atoms with Gasteiger partial charge in [-0.1, -0.05) is 24.6 Å². The lowest BCUT2D eigenvalue weighted by molar-refractivity contribution is 0.265. The van der Waals surface area contributed by atoms with Gasteiger partial charge in [-0.3, -0.25) is 0 Å². The summed E-state index contributed by atoms with van der Waals surface area (Å²) in [5.41, 5.74) is 13.9. The highest BCUT2D eigenvalue weighted by atomic mass is 14.7. The van der Waals surface area contributed by atoms with Crippen molar-refractivity contribution in [3.63, 3.8) is 0 Å². The van der Waals surface area contributed by atoms with E-state index in [0.717, 1.165) is 11.3 Å². The maximum absolute atomic E-state index is 6.12. The Hall–Kier alpha value is -1.02. The van der Waals surface area contributed by atoms with Gasteiger partial charge in [-0.25, -0.2) is 0 Å². The topological polar surface area (TPSA) is 52.0 Å². The number of nitrogen functional groups attached to an aromatic ring is 1. The second-order valence-electron chi connectivity index (χ2n) is 3.85. The van der Waals surface area contributed by atoms with Gasteiger partial charge in [0.25, 0.3) is 0 Å². The monoisotopic (exact) mass is 176 g/mol. The molecule has 0 heterocycles. The zero-order valence-electron chi connectivity index (χ0n) is 7.74. The van der Waals surface area contributed by atoms with Crippen LogP contribution in [-0.4, -0.2) is 0 Å². The smallest absolute Gasteiger partial charge is 0.0362 e. The molecule has 2 heteroatoms. The molecular weight excluding hydrogens is 160 g/mol. The van der Waals surface area contributed by atoms with E-state index in [-0.39, 0.29) is 6.04 Å². The molecule has 2 rings (SSSR count). The van der Waals surface area contributed by atoms with Crippen molar-refractivity contribution >= 4 is 5.69 Å². The van der Waals surface area contributed by atoms with Crippen LogP contribution in [0.15, 0.2) is 24.3 Å². The van der Waals surface area contributed by atoms with E-state index in [1.807, 2.05) is 24.3 Å². The molecular formula is C11H16N2. The Bertz CT molecular complexity index is 292. The van der Waals surface area contributed by atoms with Gasteiger partial charge in [-0.2, -0.15) is 0 Å². The van der Waals surface area contributed by atoms with Crippen LogP contribution in [0.3, 0.4) is 0 Å². The van der Waals surface area contributed by atoms with Crippen LogP contribution in [-0.2, 0) is 0 Å². The van der Waals surface area contributed by atoms with Gasteiger partial charge in [-0.15, -0.1) is 0 Å². The number of hydrogen-bond acceptors (Lipinski definition) is 2. The number of anilines is 1. The van der Waals surface area contributed by atoms with Gasteiger partial charge in [0, 0.05) is 11.7 Å². The lowest BCUT2D eigenvalue weighted by Gasteiger charge is -2.32. The van der Waals surface area contributed by atoms with Crippen molar-refractivity contribution in [1.82, 2.24) is 0 Å². The van der Waals surface area contributed by atoms with E-state index in [0.29, 0.717) is 5.92 Å². The summed E-state index contributed by atoms with van der Waals surface area (Å²) in [7, 11) is 0. The Kier molecular flexibility index (Phi) is 2.23. The third-order valence-electron chi connectivity index (χ3n) is 3.01. The lowest BCUT2D eigenvalue weighted by atomic mass is 9.77. The minimum Gasteiger partial charge on any atom is -0.398 e. The fraction of sp³-hybridized carbons (Fsp3) is 0.455. The summed E-state index contributed by atoms with van der Waals surface area (Å²) >= 11 is 0. The lowest BCUT2D eigenvalue weighted by Crippen LogP contribution is -2.27. The Morgan fingerprint density at radius 1 is 1.23 bits per heavy atom. The molecule has 1 aromatic rings. The molecule has 0 spiro atoms. The highest BCUT2D eigenvalue weighted by molar-refractivity contribution is 5.48. The molecule has 1 fully saturated rings. The van der Waals surface area contributed by atoms with Crippen molar-refractivity contribution in [3.05, 3.63) is 29.8 Å². The number of benzene rings is 1. The summed E-state index contributed by atoms with van der Waals surface area (Å²) in [6.07, 6.45) is 3.84. The normalized spacial score (nSPS) is 19.5. The van der Waals surface area contributed by atoms with Gasteiger partial charge in [0.15, 0.2) is 0 Å². The molecule has 1 saturated carbocycles. The summed E-state index contributed by atoms with van der Waals surface area (Å²) in [4.78, 5) is 0. The molecule has 0 radical (unpaired) electrons. The van der Waals surface area contributed by atoms with Crippen LogP contribution >= 0.6 is 0 Å². The molecule has 0 aromatic heterocycles. The molecule has 13 heavy (non-hydrogen) atoms. The minimum atomic E-state index is 0.148. The zero-order chi connectivity index (χ0) is 9.26. The van der Waals surface area contributed by atoms with Crippen LogP contribution in [0.25, 0.3) is 0 Å². The highest BCUT2D eigenvalue weighted by Gasteiger charge is 2.26. The van der Waals surface area contributed by atoms with E-state index >= 15 is 0 Å². The minimum absolute atomic E-state index is 0.148. The average Bonchev–Trinajstić information content (AvgIpc) is 2.01. The summed E-state index contributed by atoms with van der Waals surface area (Å²) < 4.78 is 0. The maximum Gasteiger partial charge on any atom is 0.0362 e. The predicted octanol–water partition coefficient (Wildman–Crippen LogP) is 2.07. The van der Waals surface area contributed by atoms with Crippen LogP contribution in [0.4, 0.5) is 5.69 Å². The van der Waals surface area contributed by atoms with Crippen molar-refractivity contribution in [3.8, 4) is 0 Å².